The third-order valence-corrected chi connectivity index (χ3v) is 3.54. The largest absolute Gasteiger partial charge is 0.502 e. The number of likely N-dealkylation sites (N-methyl/N-ethyl adjacent to an activating group) is 1. The molecule has 1 fully saturated rings. The number of methoxy groups -OCH3 is 2. The van der Waals surface area contributed by atoms with E-state index in [4.69, 9.17) is 9.47 Å². The summed E-state index contributed by atoms with van der Waals surface area (Å²) in [5.74, 6) is 0.985. The van der Waals surface area contributed by atoms with Crippen LogP contribution in [0.2, 0.25) is 0 Å². The van der Waals surface area contributed by atoms with E-state index in [-0.39, 0.29) is 5.75 Å². The van der Waals surface area contributed by atoms with Gasteiger partial charge in [-0.25, -0.2) is 0 Å². The number of nitrogens with zero attached hydrogens (tertiary/aromatic N) is 2. The summed E-state index contributed by atoms with van der Waals surface area (Å²) < 4.78 is 10.4. The predicted octanol–water partition coefficient (Wildman–Crippen LogP) is 1.16. The van der Waals surface area contributed by atoms with E-state index in [1.54, 1.807) is 14.2 Å². The van der Waals surface area contributed by atoms with Gasteiger partial charge in [0.2, 0.25) is 5.75 Å². The van der Waals surface area contributed by atoms with Crippen molar-refractivity contribution in [2.75, 3.05) is 47.4 Å². The molecule has 0 aromatic heterocycles. The molecule has 5 heteroatoms. The number of aromatic hydroxyl groups is 1. The fraction of sp³-hybridized carbons (Fsp3) is 0.571. The molecule has 1 aliphatic heterocycles. The monoisotopic (exact) mass is 266 g/mol. The number of rotatable bonds is 4. The molecule has 2 rings (SSSR count). The minimum Gasteiger partial charge on any atom is -0.502 e. The summed E-state index contributed by atoms with van der Waals surface area (Å²) in [6.45, 7) is 5.14. The topological polar surface area (TPSA) is 45.2 Å². The van der Waals surface area contributed by atoms with Crippen LogP contribution in [0.4, 0.5) is 0 Å². The molecule has 1 N–H and O–H groups in total. The van der Waals surface area contributed by atoms with Crippen LogP contribution < -0.4 is 9.47 Å². The van der Waals surface area contributed by atoms with Crippen LogP contribution in [0.5, 0.6) is 17.2 Å². The molecule has 19 heavy (non-hydrogen) atoms. The van der Waals surface area contributed by atoms with Crippen LogP contribution in [0.1, 0.15) is 5.56 Å². The molecule has 1 aromatic rings. The SMILES string of the molecule is COc1cc(CN2CCN(C)CC2)cc(OC)c1O. The van der Waals surface area contributed by atoms with Gasteiger partial charge in [-0.3, -0.25) is 4.90 Å². The Morgan fingerprint density at radius 1 is 1.05 bits per heavy atom. The minimum atomic E-state index is 0.0622. The molecular formula is C14H22N2O3. The van der Waals surface area contributed by atoms with E-state index in [1.165, 1.54) is 0 Å². The number of piperazine rings is 1. The van der Waals surface area contributed by atoms with Crippen LogP contribution in [0, 0.1) is 0 Å². The first kappa shape index (κ1) is 14.0. The third kappa shape index (κ3) is 3.30. The summed E-state index contributed by atoms with van der Waals surface area (Å²) in [6, 6.07) is 3.74. The van der Waals surface area contributed by atoms with Crippen LogP contribution >= 0.6 is 0 Å². The molecule has 0 radical (unpaired) electrons. The maximum atomic E-state index is 9.88. The second-order valence-corrected chi connectivity index (χ2v) is 4.93. The molecule has 1 aromatic carbocycles. The molecule has 1 heterocycles. The van der Waals surface area contributed by atoms with Gasteiger partial charge in [-0.05, 0) is 24.7 Å². The van der Waals surface area contributed by atoms with Crippen LogP contribution in [-0.2, 0) is 6.54 Å². The maximum absolute atomic E-state index is 9.88. The minimum absolute atomic E-state index is 0.0622. The lowest BCUT2D eigenvalue weighted by Crippen LogP contribution is -2.43. The summed E-state index contributed by atoms with van der Waals surface area (Å²) in [6.07, 6.45) is 0. The Kier molecular flexibility index (Phi) is 4.50. The third-order valence-electron chi connectivity index (χ3n) is 3.54. The van der Waals surface area contributed by atoms with Crippen molar-refractivity contribution in [1.82, 2.24) is 9.80 Å². The number of hydrogen-bond acceptors (Lipinski definition) is 5. The lowest BCUT2D eigenvalue weighted by Gasteiger charge is -2.32. The van der Waals surface area contributed by atoms with Crippen molar-refractivity contribution in [1.29, 1.82) is 0 Å². The molecule has 0 atom stereocenters. The van der Waals surface area contributed by atoms with E-state index in [0.717, 1.165) is 38.3 Å². The molecule has 0 amide bonds. The highest BCUT2D eigenvalue weighted by Gasteiger charge is 2.16. The highest BCUT2D eigenvalue weighted by Crippen LogP contribution is 2.37. The van der Waals surface area contributed by atoms with Gasteiger partial charge in [0.15, 0.2) is 11.5 Å². The van der Waals surface area contributed by atoms with Gasteiger partial charge in [0, 0.05) is 32.7 Å². The Morgan fingerprint density at radius 3 is 2.05 bits per heavy atom. The van der Waals surface area contributed by atoms with E-state index in [9.17, 15) is 5.11 Å². The van der Waals surface area contributed by atoms with Gasteiger partial charge in [0.25, 0.3) is 0 Å². The average Bonchev–Trinajstić information content (AvgIpc) is 2.43. The Morgan fingerprint density at radius 2 is 1.58 bits per heavy atom. The van der Waals surface area contributed by atoms with E-state index in [2.05, 4.69) is 16.8 Å². The number of hydrogen-bond donors (Lipinski definition) is 1. The predicted molar refractivity (Wildman–Crippen MR) is 74.0 cm³/mol. The average molecular weight is 266 g/mol. The highest BCUT2D eigenvalue weighted by atomic mass is 16.5. The van der Waals surface area contributed by atoms with Crippen LogP contribution in [0.25, 0.3) is 0 Å². The molecule has 106 valence electrons. The number of phenolic OH excluding ortho intramolecular Hbond substituents is 1. The van der Waals surface area contributed by atoms with Crippen molar-refractivity contribution in [2.45, 2.75) is 6.54 Å². The van der Waals surface area contributed by atoms with Gasteiger partial charge in [-0.1, -0.05) is 0 Å². The van der Waals surface area contributed by atoms with Crippen molar-refractivity contribution in [2.24, 2.45) is 0 Å². The molecule has 0 saturated carbocycles. The van der Waals surface area contributed by atoms with E-state index >= 15 is 0 Å². The van der Waals surface area contributed by atoms with Crippen molar-refractivity contribution in [3.05, 3.63) is 17.7 Å². The van der Waals surface area contributed by atoms with Gasteiger partial charge >= 0.3 is 0 Å². The highest BCUT2D eigenvalue weighted by molar-refractivity contribution is 5.52. The van der Waals surface area contributed by atoms with Crippen molar-refractivity contribution < 1.29 is 14.6 Å². The second kappa shape index (κ2) is 6.12. The summed E-state index contributed by atoms with van der Waals surface area (Å²) in [7, 11) is 5.24. The first-order valence-electron chi connectivity index (χ1n) is 6.48. The van der Waals surface area contributed by atoms with Crippen molar-refractivity contribution in [3.63, 3.8) is 0 Å². The number of phenols is 1. The lowest BCUT2D eigenvalue weighted by molar-refractivity contribution is 0.148. The fourth-order valence-corrected chi connectivity index (χ4v) is 2.30. The molecule has 0 aliphatic carbocycles. The van der Waals surface area contributed by atoms with Gasteiger partial charge < -0.3 is 19.5 Å². The summed E-state index contributed by atoms with van der Waals surface area (Å²) in [5, 5.41) is 9.88. The molecule has 1 aliphatic rings. The zero-order valence-electron chi connectivity index (χ0n) is 11.8. The maximum Gasteiger partial charge on any atom is 0.200 e. The van der Waals surface area contributed by atoms with Gasteiger partial charge in [0.05, 0.1) is 14.2 Å². The number of ether oxygens (including phenoxy) is 2. The Labute approximate surface area is 114 Å². The molecular weight excluding hydrogens is 244 g/mol. The van der Waals surface area contributed by atoms with E-state index in [1.807, 2.05) is 12.1 Å². The van der Waals surface area contributed by atoms with Crippen LogP contribution in [0.3, 0.4) is 0 Å². The second-order valence-electron chi connectivity index (χ2n) is 4.93. The molecule has 0 unspecified atom stereocenters. The Bertz CT molecular complexity index is 404. The number of benzene rings is 1. The molecule has 5 nitrogen and oxygen atoms in total. The van der Waals surface area contributed by atoms with Gasteiger partial charge in [0.1, 0.15) is 0 Å². The normalized spacial score (nSPS) is 17.4. The zero-order valence-corrected chi connectivity index (χ0v) is 11.8. The van der Waals surface area contributed by atoms with E-state index in [0.29, 0.717) is 11.5 Å². The van der Waals surface area contributed by atoms with Gasteiger partial charge in [-0.2, -0.15) is 0 Å². The molecule has 0 bridgehead atoms. The lowest BCUT2D eigenvalue weighted by atomic mass is 10.1. The summed E-state index contributed by atoms with van der Waals surface area (Å²) >= 11 is 0. The van der Waals surface area contributed by atoms with Crippen molar-refractivity contribution in [3.8, 4) is 17.2 Å². The quantitative estimate of drug-likeness (QED) is 0.886. The molecule has 1 saturated heterocycles. The fourth-order valence-electron chi connectivity index (χ4n) is 2.30. The smallest absolute Gasteiger partial charge is 0.200 e. The summed E-state index contributed by atoms with van der Waals surface area (Å²) in [5.41, 5.74) is 1.09. The summed E-state index contributed by atoms with van der Waals surface area (Å²) in [4.78, 5) is 4.72. The first-order valence-corrected chi connectivity index (χ1v) is 6.48. The van der Waals surface area contributed by atoms with E-state index < -0.39 is 0 Å². The van der Waals surface area contributed by atoms with Crippen molar-refractivity contribution >= 4 is 0 Å². The Hall–Kier alpha value is -1.46. The zero-order chi connectivity index (χ0) is 13.8. The molecule has 0 spiro atoms. The standard InChI is InChI=1S/C14H22N2O3/c1-15-4-6-16(7-5-15)10-11-8-12(18-2)14(17)13(9-11)19-3/h8-9,17H,4-7,10H2,1-3H3. The first-order chi connectivity index (χ1) is 9.13. The van der Waals surface area contributed by atoms with Crippen LogP contribution in [-0.4, -0.2) is 62.4 Å². The van der Waals surface area contributed by atoms with Gasteiger partial charge in [-0.15, -0.1) is 0 Å². The Balaban J connectivity index is 2.11. The van der Waals surface area contributed by atoms with Crippen LogP contribution in [0.15, 0.2) is 12.1 Å².